The number of esters is 1. The molecule has 2 fully saturated rings. The van der Waals surface area contributed by atoms with Gasteiger partial charge in [0.1, 0.15) is 0 Å². The van der Waals surface area contributed by atoms with Crippen LogP contribution in [0.1, 0.15) is 47.2 Å². The van der Waals surface area contributed by atoms with E-state index in [-0.39, 0.29) is 30.4 Å². The second-order valence-corrected chi connectivity index (χ2v) is 10.3. The molecule has 198 valence electrons. The van der Waals surface area contributed by atoms with Crippen molar-refractivity contribution in [3.8, 4) is 22.3 Å². The largest absolute Gasteiger partial charge is 0.462 e. The van der Waals surface area contributed by atoms with Gasteiger partial charge in [-0.05, 0) is 94.6 Å². The SMILES string of the molecule is CCOC(=O)c1cc(-c2ccc([C@H]3C[C@H]4C[C@@H]3C(=O)N4)cc2)c2ccc(-c3ccc(C(F)(F)F)cc3)cc2c1. The van der Waals surface area contributed by atoms with Crippen molar-refractivity contribution in [3.63, 3.8) is 0 Å². The topological polar surface area (TPSA) is 55.4 Å². The molecule has 0 radical (unpaired) electrons. The maximum absolute atomic E-state index is 13.0. The fourth-order valence-corrected chi connectivity index (χ4v) is 6.00. The molecular weight excluding hydrogens is 503 g/mol. The molecule has 0 aromatic heterocycles. The number of carbonyl (C=O) groups excluding carboxylic acids is 2. The van der Waals surface area contributed by atoms with Crippen LogP contribution >= 0.6 is 0 Å². The van der Waals surface area contributed by atoms with Gasteiger partial charge in [0.05, 0.1) is 17.7 Å². The Morgan fingerprint density at radius 3 is 2.18 bits per heavy atom. The van der Waals surface area contributed by atoms with E-state index >= 15 is 0 Å². The molecule has 4 nitrogen and oxygen atoms in total. The lowest BCUT2D eigenvalue weighted by atomic mass is 9.86. The number of piperidine rings is 1. The highest BCUT2D eigenvalue weighted by atomic mass is 19.4. The number of ether oxygens (including phenoxy) is 1. The molecular formula is C32H26F3NO3. The molecule has 1 aliphatic carbocycles. The lowest BCUT2D eigenvalue weighted by molar-refractivity contribution is -0.137. The summed E-state index contributed by atoms with van der Waals surface area (Å²) in [5.41, 5.74) is 4.00. The number of carbonyl (C=O) groups is 2. The van der Waals surface area contributed by atoms with Crippen LogP contribution in [0.4, 0.5) is 13.2 Å². The Hall–Kier alpha value is -4.13. The minimum atomic E-state index is -4.40. The van der Waals surface area contributed by atoms with Crippen molar-refractivity contribution in [2.75, 3.05) is 6.61 Å². The highest BCUT2D eigenvalue weighted by Crippen LogP contribution is 2.44. The van der Waals surface area contributed by atoms with E-state index in [1.165, 1.54) is 12.1 Å². The number of halogens is 3. The summed E-state index contributed by atoms with van der Waals surface area (Å²) in [5.74, 6) is -0.0633. The summed E-state index contributed by atoms with van der Waals surface area (Å²) in [5, 5.41) is 4.72. The van der Waals surface area contributed by atoms with Gasteiger partial charge in [-0.25, -0.2) is 4.79 Å². The van der Waals surface area contributed by atoms with Gasteiger partial charge in [0, 0.05) is 12.0 Å². The highest BCUT2D eigenvalue weighted by molar-refractivity contribution is 6.04. The quantitative estimate of drug-likeness (QED) is 0.275. The summed E-state index contributed by atoms with van der Waals surface area (Å²) >= 11 is 0. The Kier molecular flexibility index (Phi) is 6.17. The third-order valence-electron chi connectivity index (χ3n) is 7.90. The molecule has 1 amide bonds. The average molecular weight is 530 g/mol. The summed E-state index contributed by atoms with van der Waals surface area (Å²) in [7, 11) is 0. The molecule has 1 aliphatic heterocycles. The number of benzene rings is 4. The molecule has 2 aliphatic rings. The molecule has 4 aromatic carbocycles. The van der Waals surface area contributed by atoms with Crippen molar-refractivity contribution in [2.45, 2.75) is 37.9 Å². The van der Waals surface area contributed by atoms with Crippen LogP contribution in [0.5, 0.6) is 0 Å². The van der Waals surface area contributed by atoms with Crippen LogP contribution < -0.4 is 5.32 Å². The number of hydrogen-bond acceptors (Lipinski definition) is 3. The first-order valence-electron chi connectivity index (χ1n) is 13.0. The van der Waals surface area contributed by atoms with Crippen molar-refractivity contribution in [3.05, 3.63) is 95.6 Å². The van der Waals surface area contributed by atoms with Crippen molar-refractivity contribution in [2.24, 2.45) is 5.92 Å². The second kappa shape index (κ2) is 9.56. The van der Waals surface area contributed by atoms with Gasteiger partial charge in [-0.3, -0.25) is 4.79 Å². The van der Waals surface area contributed by atoms with Crippen LogP contribution in [-0.2, 0) is 15.7 Å². The van der Waals surface area contributed by atoms with Gasteiger partial charge in [-0.1, -0.05) is 48.5 Å². The summed E-state index contributed by atoms with van der Waals surface area (Å²) in [6.07, 6.45) is -2.56. The van der Waals surface area contributed by atoms with E-state index in [1.807, 2.05) is 36.4 Å². The van der Waals surface area contributed by atoms with Crippen LogP contribution in [-0.4, -0.2) is 24.5 Å². The lowest BCUT2D eigenvalue weighted by Crippen LogP contribution is -2.34. The van der Waals surface area contributed by atoms with Gasteiger partial charge in [0.25, 0.3) is 0 Å². The van der Waals surface area contributed by atoms with Crippen molar-refractivity contribution >= 4 is 22.6 Å². The number of nitrogens with one attached hydrogen (secondary N) is 1. The normalized spacial score (nSPS) is 20.3. The standard InChI is InChI=1S/C32H26F3NO3/c1-2-39-31(38)23-14-22-13-21(18-7-10-24(11-8-18)32(33,34)35)9-12-26(22)27(15-23)19-3-5-20(6-4-19)28-16-25-17-29(28)30(37)36-25/h3-15,25,28-29H,2,16-17H2,1H3,(H,36,37)/t25-,28+,29-/m0/s1. The van der Waals surface area contributed by atoms with Gasteiger partial charge >= 0.3 is 12.1 Å². The summed E-state index contributed by atoms with van der Waals surface area (Å²) in [6.45, 7) is 1.99. The lowest BCUT2D eigenvalue weighted by Gasteiger charge is -2.22. The zero-order chi connectivity index (χ0) is 27.3. The van der Waals surface area contributed by atoms with Crippen LogP contribution in [0.15, 0.2) is 78.9 Å². The first kappa shape index (κ1) is 25.2. The molecule has 4 aromatic rings. The van der Waals surface area contributed by atoms with E-state index in [0.29, 0.717) is 11.1 Å². The molecule has 1 N–H and O–H groups in total. The second-order valence-electron chi connectivity index (χ2n) is 10.3. The minimum Gasteiger partial charge on any atom is -0.462 e. The van der Waals surface area contributed by atoms with Crippen molar-refractivity contribution in [1.29, 1.82) is 0 Å². The van der Waals surface area contributed by atoms with E-state index < -0.39 is 17.7 Å². The number of alkyl halides is 3. The van der Waals surface area contributed by atoms with Gasteiger partial charge < -0.3 is 10.1 Å². The van der Waals surface area contributed by atoms with E-state index in [2.05, 4.69) is 17.4 Å². The van der Waals surface area contributed by atoms with Gasteiger partial charge in [-0.15, -0.1) is 0 Å². The number of fused-ring (bicyclic) bond motifs is 3. The number of amides is 1. The Balaban J connectivity index is 1.39. The number of hydrogen-bond donors (Lipinski definition) is 1. The Morgan fingerprint density at radius 1 is 0.872 bits per heavy atom. The van der Waals surface area contributed by atoms with Crippen LogP contribution in [0.2, 0.25) is 0 Å². The van der Waals surface area contributed by atoms with E-state index in [4.69, 9.17) is 4.74 Å². The molecule has 6 rings (SSSR count). The molecule has 39 heavy (non-hydrogen) atoms. The molecule has 1 saturated carbocycles. The molecule has 1 heterocycles. The minimum absolute atomic E-state index is 0.0254. The van der Waals surface area contributed by atoms with E-state index in [1.54, 1.807) is 13.0 Å². The third-order valence-corrected chi connectivity index (χ3v) is 7.90. The molecule has 0 spiro atoms. The molecule has 1 saturated heterocycles. The maximum Gasteiger partial charge on any atom is 0.416 e. The summed E-state index contributed by atoms with van der Waals surface area (Å²) < 4.78 is 44.3. The zero-order valence-electron chi connectivity index (χ0n) is 21.2. The van der Waals surface area contributed by atoms with Gasteiger partial charge in [0.2, 0.25) is 5.91 Å². The summed E-state index contributed by atoms with van der Waals surface area (Å²) in [6, 6.07) is 22.7. The average Bonchev–Trinajstić information content (AvgIpc) is 3.52. The molecule has 7 heteroatoms. The maximum atomic E-state index is 13.0. The van der Waals surface area contributed by atoms with Crippen LogP contribution in [0.25, 0.3) is 33.0 Å². The molecule has 0 unspecified atom stereocenters. The smallest absolute Gasteiger partial charge is 0.416 e. The highest BCUT2D eigenvalue weighted by Gasteiger charge is 2.45. The van der Waals surface area contributed by atoms with Crippen LogP contribution in [0, 0.1) is 5.92 Å². The first-order valence-corrected chi connectivity index (χ1v) is 13.0. The van der Waals surface area contributed by atoms with E-state index in [0.717, 1.165) is 58.0 Å². The summed E-state index contributed by atoms with van der Waals surface area (Å²) in [4.78, 5) is 24.9. The van der Waals surface area contributed by atoms with Crippen LogP contribution in [0.3, 0.4) is 0 Å². The zero-order valence-corrected chi connectivity index (χ0v) is 21.2. The molecule has 3 atom stereocenters. The van der Waals surface area contributed by atoms with Gasteiger partial charge in [-0.2, -0.15) is 13.2 Å². The third kappa shape index (κ3) is 4.67. The fraction of sp³-hybridized carbons (Fsp3) is 0.250. The van der Waals surface area contributed by atoms with E-state index in [9.17, 15) is 22.8 Å². The number of rotatable bonds is 5. The molecule has 2 bridgehead atoms. The van der Waals surface area contributed by atoms with Crippen molar-refractivity contribution < 1.29 is 27.5 Å². The first-order chi connectivity index (χ1) is 18.7. The predicted molar refractivity (Wildman–Crippen MR) is 143 cm³/mol. The Labute approximate surface area is 223 Å². The Bertz CT molecular complexity index is 1580. The van der Waals surface area contributed by atoms with Gasteiger partial charge in [0.15, 0.2) is 0 Å². The van der Waals surface area contributed by atoms with Crippen molar-refractivity contribution in [1.82, 2.24) is 5.32 Å². The predicted octanol–water partition coefficient (Wildman–Crippen LogP) is 7.36. The Morgan fingerprint density at radius 2 is 1.54 bits per heavy atom. The fourth-order valence-electron chi connectivity index (χ4n) is 6.00. The monoisotopic (exact) mass is 529 g/mol.